The van der Waals surface area contributed by atoms with E-state index in [-0.39, 0.29) is 29.0 Å². The Balaban J connectivity index is 2.33. The number of carboxylic acid groups (broad SMARTS) is 1. The molecule has 0 aromatic carbocycles. The highest BCUT2D eigenvalue weighted by atomic mass is 32.1. The fourth-order valence-corrected chi connectivity index (χ4v) is 2.68. The van der Waals surface area contributed by atoms with Crippen molar-refractivity contribution >= 4 is 29.1 Å². The van der Waals surface area contributed by atoms with E-state index in [9.17, 15) is 14.7 Å². The molecule has 2 heterocycles. The van der Waals surface area contributed by atoms with Gasteiger partial charge in [0.25, 0.3) is 0 Å². The Labute approximate surface area is 125 Å². The van der Waals surface area contributed by atoms with Crippen LogP contribution >= 0.6 is 11.3 Å². The van der Waals surface area contributed by atoms with E-state index in [1.165, 1.54) is 11.3 Å². The number of hydrogen-bond donors (Lipinski definition) is 2. The number of carbonyl (C=O) groups is 2. The van der Waals surface area contributed by atoms with Gasteiger partial charge in [-0.15, -0.1) is 0 Å². The highest BCUT2D eigenvalue weighted by Gasteiger charge is 2.26. The predicted molar refractivity (Wildman–Crippen MR) is 79.5 cm³/mol. The van der Waals surface area contributed by atoms with Crippen molar-refractivity contribution in [2.75, 3.05) is 5.32 Å². The molecule has 21 heavy (non-hydrogen) atoms. The highest BCUT2D eigenvalue weighted by molar-refractivity contribution is 7.08. The number of amides is 1. The first-order valence-electron chi connectivity index (χ1n) is 6.64. The van der Waals surface area contributed by atoms with Crippen LogP contribution in [-0.4, -0.2) is 22.1 Å². The van der Waals surface area contributed by atoms with Crippen LogP contribution in [0.5, 0.6) is 0 Å². The van der Waals surface area contributed by atoms with Gasteiger partial charge in [0.1, 0.15) is 5.69 Å². The SMILES string of the molecule is CCC(CC)C(=O)Nc1onc(-c2ccsc2)c1C(=O)O. The first-order chi connectivity index (χ1) is 10.1. The summed E-state index contributed by atoms with van der Waals surface area (Å²) in [6.45, 7) is 3.81. The van der Waals surface area contributed by atoms with E-state index >= 15 is 0 Å². The first-order valence-corrected chi connectivity index (χ1v) is 7.59. The number of carboxylic acids is 1. The Morgan fingerprint density at radius 2 is 2.14 bits per heavy atom. The Morgan fingerprint density at radius 1 is 1.43 bits per heavy atom. The smallest absolute Gasteiger partial charge is 0.343 e. The van der Waals surface area contributed by atoms with Gasteiger partial charge in [-0.2, -0.15) is 11.3 Å². The zero-order valence-corrected chi connectivity index (χ0v) is 12.6. The zero-order valence-electron chi connectivity index (χ0n) is 11.8. The third kappa shape index (κ3) is 3.13. The Bertz CT molecular complexity index is 629. The summed E-state index contributed by atoms with van der Waals surface area (Å²) < 4.78 is 5.03. The maximum Gasteiger partial charge on any atom is 0.343 e. The molecular weight excluding hydrogens is 292 g/mol. The van der Waals surface area contributed by atoms with Crippen molar-refractivity contribution in [1.29, 1.82) is 0 Å². The van der Waals surface area contributed by atoms with Crippen LogP contribution < -0.4 is 5.32 Å². The molecule has 0 radical (unpaired) electrons. The Morgan fingerprint density at radius 3 is 2.67 bits per heavy atom. The quantitative estimate of drug-likeness (QED) is 0.852. The van der Waals surface area contributed by atoms with Gasteiger partial charge in [0.05, 0.1) is 0 Å². The van der Waals surface area contributed by atoms with Crippen LogP contribution in [0.1, 0.15) is 37.0 Å². The summed E-state index contributed by atoms with van der Waals surface area (Å²) in [7, 11) is 0. The number of carbonyl (C=O) groups excluding carboxylic acids is 1. The number of hydrogen-bond acceptors (Lipinski definition) is 5. The molecule has 7 heteroatoms. The molecule has 6 nitrogen and oxygen atoms in total. The van der Waals surface area contributed by atoms with Gasteiger partial charge in [-0.1, -0.05) is 19.0 Å². The summed E-state index contributed by atoms with van der Waals surface area (Å²) in [5, 5.41) is 19.3. The molecule has 0 bridgehead atoms. The van der Waals surface area contributed by atoms with Gasteiger partial charge < -0.3 is 9.63 Å². The number of aromatic nitrogens is 1. The van der Waals surface area contributed by atoms with Gasteiger partial charge in [0.2, 0.25) is 11.8 Å². The van der Waals surface area contributed by atoms with E-state index in [0.717, 1.165) is 0 Å². The molecule has 0 aliphatic rings. The van der Waals surface area contributed by atoms with Crippen LogP contribution in [0.2, 0.25) is 0 Å². The van der Waals surface area contributed by atoms with Crippen molar-refractivity contribution in [3.05, 3.63) is 22.4 Å². The number of rotatable bonds is 6. The second kappa shape index (κ2) is 6.53. The molecule has 0 saturated heterocycles. The van der Waals surface area contributed by atoms with Gasteiger partial charge in [0.15, 0.2) is 5.56 Å². The van der Waals surface area contributed by atoms with Gasteiger partial charge >= 0.3 is 5.97 Å². The topological polar surface area (TPSA) is 92.4 Å². The first kappa shape index (κ1) is 15.2. The minimum atomic E-state index is -1.18. The lowest BCUT2D eigenvalue weighted by atomic mass is 10.0. The molecule has 0 aliphatic carbocycles. The molecule has 0 spiro atoms. The van der Waals surface area contributed by atoms with Crippen LogP contribution in [0, 0.1) is 5.92 Å². The van der Waals surface area contributed by atoms with Crippen LogP contribution in [-0.2, 0) is 4.79 Å². The van der Waals surface area contributed by atoms with Crippen molar-refractivity contribution in [2.24, 2.45) is 5.92 Å². The molecule has 112 valence electrons. The van der Waals surface area contributed by atoms with Crippen molar-refractivity contribution in [1.82, 2.24) is 5.16 Å². The summed E-state index contributed by atoms with van der Waals surface area (Å²) in [5.41, 5.74) is 0.764. The second-order valence-electron chi connectivity index (χ2n) is 4.56. The molecule has 2 aromatic heterocycles. The van der Waals surface area contributed by atoms with E-state index < -0.39 is 5.97 Å². The van der Waals surface area contributed by atoms with Crippen molar-refractivity contribution in [2.45, 2.75) is 26.7 Å². The molecule has 1 amide bonds. The molecule has 2 aromatic rings. The van der Waals surface area contributed by atoms with Crippen LogP contribution in [0.4, 0.5) is 5.88 Å². The lowest BCUT2D eigenvalue weighted by molar-refractivity contribution is -0.120. The summed E-state index contributed by atoms with van der Waals surface area (Å²) in [6, 6.07) is 1.75. The number of nitrogens with one attached hydrogen (secondary N) is 1. The van der Waals surface area contributed by atoms with Crippen LogP contribution in [0.15, 0.2) is 21.3 Å². The van der Waals surface area contributed by atoms with Crippen molar-refractivity contribution in [3.8, 4) is 11.3 Å². The maximum atomic E-state index is 12.1. The summed E-state index contributed by atoms with van der Waals surface area (Å²) in [6.07, 6.45) is 1.35. The fraction of sp³-hybridized carbons (Fsp3) is 0.357. The number of thiophene rings is 1. The molecule has 0 aliphatic heterocycles. The molecule has 2 rings (SSSR count). The van der Waals surface area contributed by atoms with E-state index in [1.807, 2.05) is 19.2 Å². The fourth-order valence-electron chi connectivity index (χ4n) is 2.04. The molecular formula is C14H16N2O4S. The predicted octanol–water partition coefficient (Wildman–Crippen LogP) is 3.48. The Kier molecular flexibility index (Phi) is 4.74. The third-order valence-corrected chi connectivity index (χ3v) is 3.98. The van der Waals surface area contributed by atoms with E-state index in [1.54, 1.807) is 11.4 Å². The second-order valence-corrected chi connectivity index (χ2v) is 5.34. The van der Waals surface area contributed by atoms with E-state index in [0.29, 0.717) is 18.4 Å². The van der Waals surface area contributed by atoms with E-state index in [4.69, 9.17) is 4.52 Å². The van der Waals surface area contributed by atoms with Gasteiger partial charge in [-0.3, -0.25) is 10.1 Å². The number of aromatic carboxylic acids is 1. The van der Waals surface area contributed by atoms with Crippen LogP contribution in [0.25, 0.3) is 11.3 Å². The largest absolute Gasteiger partial charge is 0.477 e. The van der Waals surface area contributed by atoms with Crippen molar-refractivity contribution in [3.63, 3.8) is 0 Å². The molecule has 0 fully saturated rings. The summed E-state index contributed by atoms with van der Waals surface area (Å²) in [4.78, 5) is 23.5. The third-order valence-electron chi connectivity index (χ3n) is 3.29. The highest BCUT2D eigenvalue weighted by Crippen LogP contribution is 2.30. The molecule has 0 atom stereocenters. The number of nitrogens with zero attached hydrogens (tertiary/aromatic N) is 1. The molecule has 2 N–H and O–H groups in total. The normalized spacial score (nSPS) is 10.8. The van der Waals surface area contributed by atoms with E-state index in [2.05, 4.69) is 10.5 Å². The van der Waals surface area contributed by atoms with Gasteiger partial charge in [0, 0.05) is 16.9 Å². The van der Waals surface area contributed by atoms with Gasteiger partial charge in [-0.25, -0.2) is 4.79 Å². The van der Waals surface area contributed by atoms with Crippen molar-refractivity contribution < 1.29 is 19.2 Å². The zero-order chi connectivity index (χ0) is 15.4. The molecule has 0 unspecified atom stereocenters. The average molecular weight is 308 g/mol. The lowest BCUT2D eigenvalue weighted by Gasteiger charge is -2.10. The maximum absolute atomic E-state index is 12.1. The Hall–Kier alpha value is -2.15. The van der Waals surface area contributed by atoms with Crippen LogP contribution in [0.3, 0.4) is 0 Å². The van der Waals surface area contributed by atoms with Gasteiger partial charge in [-0.05, 0) is 24.3 Å². The lowest BCUT2D eigenvalue weighted by Crippen LogP contribution is -2.22. The minimum absolute atomic E-state index is 0.111. The standard InChI is InChI=1S/C14H16N2O4S/c1-3-8(4-2)12(17)15-13-10(14(18)19)11(16-20-13)9-5-6-21-7-9/h5-8H,3-4H2,1-2H3,(H,15,17)(H,18,19). The summed E-state index contributed by atoms with van der Waals surface area (Å²) >= 11 is 1.43. The average Bonchev–Trinajstić information content (AvgIpc) is 3.08. The number of anilines is 1. The molecule has 0 saturated carbocycles. The monoisotopic (exact) mass is 308 g/mol. The summed E-state index contributed by atoms with van der Waals surface area (Å²) in [5.74, 6) is -1.73. The minimum Gasteiger partial charge on any atom is -0.477 e.